The van der Waals surface area contributed by atoms with Gasteiger partial charge in [0, 0.05) is 19.2 Å². The van der Waals surface area contributed by atoms with E-state index >= 15 is 0 Å². The van der Waals surface area contributed by atoms with Gasteiger partial charge in [0.25, 0.3) is 0 Å². The number of hydrogen-bond donors (Lipinski definition) is 2. The van der Waals surface area contributed by atoms with E-state index in [1.165, 1.54) is 11.8 Å². The maximum absolute atomic E-state index is 12.1. The Morgan fingerprint density at radius 3 is 2.39 bits per heavy atom. The standard InChI is InChI=1S/C19H21N3O5S/c1-12-11-21(19(24)25)18-10-15(7-8-17(18)22(12)13(2)23)14-5-4-6-16(9-14)20-28(3,26)27/h4-10,12,20H,11H2,1-3H3,(H,24,25)/t12-/m0/s1. The van der Waals surface area contributed by atoms with Crippen LogP contribution in [0.2, 0.25) is 0 Å². The predicted molar refractivity (Wildman–Crippen MR) is 108 cm³/mol. The fourth-order valence-corrected chi connectivity index (χ4v) is 4.00. The number of fused-ring (bicyclic) bond motifs is 1. The first kappa shape index (κ1) is 19.7. The third-order valence-electron chi connectivity index (χ3n) is 4.48. The van der Waals surface area contributed by atoms with Crippen LogP contribution in [0.15, 0.2) is 42.5 Å². The Morgan fingerprint density at radius 2 is 1.79 bits per heavy atom. The topological polar surface area (TPSA) is 107 Å². The number of carbonyl (C=O) groups is 2. The van der Waals surface area contributed by atoms with Crippen molar-refractivity contribution < 1.29 is 23.1 Å². The van der Waals surface area contributed by atoms with E-state index in [4.69, 9.17) is 0 Å². The molecule has 1 aliphatic rings. The minimum absolute atomic E-state index is 0.161. The molecule has 2 amide bonds. The molecule has 3 rings (SSSR count). The lowest BCUT2D eigenvalue weighted by Crippen LogP contribution is -2.51. The molecule has 0 radical (unpaired) electrons. The van der Waals surface area contributed by atoms with Crippen molar-refractivity contribution in [3.05, 3.63) is 42.5 Å². The Bertz CT molecular complexity index is 1050. The van der Waals surface area contributed by atoms with Crippen LogP contribution in [0.5, 0.6) is 0 Å². The van der Waals surface area contributed by atoms with E-state index in [0.717, 1.165) is 11.8 Å². The van der Waals surface area contributed by atoms with Crippen molar-refractivity contribution in [1.82, 2.24) is 0 Å². The quantitative estimate of drug-likeness (QED) is 0.819. The summed E-state index contributed by atoms with van der Waals surface area (Å²) in [6.45, 7) is 3.42. The van der Waals surface area contributed by atoms with Crippen molar-refractivity contribution in [2.24, 2.45) is 0 Å². The fourth-order valence-electron chi connectivity index (χ4n) is 3.44. The molecular formula is C19H21N3O5S. The fraction of sp³-hybridized carbons (Fsp3) is 0.263. The van der Waals surface area contributed by atoms with Crippen LogP contribution in [-0.2, 0) is 14.8 Å². The summed E-state index contributed by atoms with van der Waals surface area (Å²) in [4.78, 5) is 26.6. The molecule has 2 N–H and O–H groups in total. The largest absolute Gasteiger partial charge is 0.465 e. The number of carboxylic acid groups (broad SMARTS) is 1. The SMILES string of the molecule is CC(=O)N1c2ccc(-c3cccc(NS(C)(=O)=O)c3)cc2N(C(=O)O)C[C@@H]1C. The average Bonchev–Trinajstić information content (AvgIpc) is 2.58. The molecule has 0 spiro atoms. The molecule has 1 aliphatic heterocycles. The molecule has 0 bridgehead atoms. The average molecular weight is 403 g/mol. The van der Waals surface area contributed by atoms with Gasteiger partial charge in [-0.05, 0) is 42.3 Å². The van der Waals surface area contributed by atoms with Crippen LogP contribution in [0.3, 0.4) is 0 Å². The second-order valence-electron chi connectivity index (χ2n) is 6.79. The number of sulfonamides is 1. The summed E-state index contributed by atoms with van der Waals surface area (Å²) in [5, 5.41) is 9.61. The summed E-state index contributed by atoms with van der Waals surface area (Å²) in [7, 11) is -3.41. The van der Waals surface area contributed by atoms with Gasteiger partial charge in [-0.25, -0.2) is 13.2 Å². The minimum atomic E-state index is -3.41. The highest BCUT2D eigenvalue weighted by atomic mass is 32.2. The van der Waals surface area contributed by atoms with Crippen molar-refractivity contribution >= 4 is 39.1 Å². The third kappa shape index (κ3) is 3.94. The van der Waals surface area contributed by atoms with Gasteiger partial charge in [0.15, 0.2) is 0 Å². The van der Waals surface area contributed by atoms with E-state index in [1.54, 1.807) is 54.3 Å². The van der Waals surface area contributed by atoms with Crippen LogP contribution in [0, 0.1) is 0 Å². The monoisotopic (exact) mass is 403 g/mol. The molecular weight excluding hydrogens is 382 g/mol. The van der Waals surface area contributed by atoms with Gasteiger partial charge in [-0.1, -0.05) is 18.2 Å². The Kier molecular flexibility index (Phi) is 5.03. The van der Waals surface area contributed by atoms with Crippen LogP contribution in [0.25, 0.3) is 11.1 Å². The number of benzene rings is 2. The van der Waals surface area contributed by atoms with Crippen LogP contribution < -0.4 is 14.5 Å². The molecule has 0 aliphatic carbocycles. The Hall–Kier alpha value is -3.07. The van der Waals surface area contributed by atoms with Gasteiger partial charge in [0.1, 0.15) is 0 Å². The summed E-state index contributed by atoms with van der Waals surface area (Å²) >= 11 is 0. The highest BCUT2D eigenvalue weighted by Gasteiger charge is 2.33. The van der Waals surface area contributed by atoms with E-state index < -0.39 is 16.1 Å². The van der Waals surface area contributed by atoms with Crippen molar-refractivity contribution in [3.63, 3.8) is 0 Å². The molecule has 9 heteroatoms. The normalized spacial score (nSPS) is 16.5. The molecule has 28 heavy (non-hydrogen) atoms. The van der Waals surface area contributed by atoms with Gasteiger partial charge in [0.05, 0.1) is 23.7 Å². The van der Waals surface area contributed by atoms with E-state index in [9.17, 15) is 23.1 Å². The predicted octanol–water partition coefficient (Wildman–Crippen LogP) is 2.96. The molecule has 1 atom stereocenters. The Labute approximate surface area is 163 Å². The molecule has 2 aromatic rings. The lowest BCUT2D eigenvalue weighted by atomic mass is 10.0. The van der Waals surface area contributed by atoms with Crippen molar-refractivity contribution in [2.75, 3.05) is 27.3 Å². The van der Waals surface area contributed by atoms with E-state index in [2.05, 4.69) is 4.72 Å². The second-order valence-corrected chi connectivity index (χ2v) is 8.54. The van der Waals surface area contributed by atoms with E-state index in [1.807, 2.05) is 0 Å². The number of nitrogens with zero attached hydrogens (tertiary/aromatic N) is 2. The maximum Gasteiger partial charge on any atom is 0.411 e. The first-order valence-corrected chi connectivity index (χ1v) is 10.5. The molecule has 0 fully saturated rings. The maximum atomic E-state index is 12.1. The summed E-state index contributed by atoms with van der Waals surface area (Å²) in [5.41, 5.74) is 2.78. The van der Waals surface area contributed by atoms with E-state index in [0.29, 0.717) is 22.6 Å². The zero-order valence-electron chi connectivity index (χ0n) is 15.7. The molecule has 2 aromatic carbocycles. The molecule has 8 nitrogen and oxygen atoms in total. The van der Waals surface area contributed by atoms with Crippen LogP contribution in [0.1, 0.15) is 13.8 Å². The zero-order valence-corrected chi connectivity index (χ0v) is 16.5. The molecule has 0 aromatic heterocycles. The Balaban J connectivity index is 2.09. The lowest BCUT2D eigenvalue weighted by Gasteiger charge is -2.39. The van der Waals surface area contributed by atoms with Gasteiger partial charge in [-0.2, -0.15) is 0 Å². The van der Waals surface area contributed by atoms with E-state index in [-0.39, 0.29) is 18.5 Å². The molecule has 0 saturated heterocycles. The number of hydrogen-bond acceptors (Lipinski definition) is 4. The molecule has 148 valence electrons. The van der Waals surface area contributed by atoms with Crippen molar-refractivity contribution in [1.29, 1.82) is 0 Å². The first-order chi connectivity index (χ1) is 13.1. The van der Waals surface area contributed by atoms with Gasteiger partial charge < -0.3 is 10.0 Å². The van der Waals surface area contributed by atoms with Crippen LogP contribution in [-0.4, -0.2) is 44.4 Å². The van der Waals surface area contributed by atoms with Gasteiger partial charge in [-0.15, -0.1) is 0 Å². The molecule has 1 heterocycles. The Morgan fingerprint density at radius 1 is 1.11 bits per heavy atom. The van der Waals surface area contributed by atoms with Crippen LogP contribution in [0.4, 0.5) is 21.9 Å². The second kappa shape index (κ2) is 7.16. The summed E-state index contributed by atoms with van der Waals surface area (Å²) in [6, 6.07) is 11.7. The molecule has 0 saturated carbocycles. The molecule has 0 unspecified atom stereocenters. The summed E-state index contributed by atoms with van der Waals surface area (Å²) in [6.07, 6.45) is -0.0261. The zero-order chi connectivity index (χ0) is 20.6. The lowest BCUT2D eigenvalue weighted by molar-refractivity contribution is -0.117. The highest BCUT2D eigenvalue weighted by molar-refractivity contribution is 7.92. The van der Waals surface area contributed by atoms with Gasteiger partial charge in [0.2, 0.25) is 15.9 Å². The summed E-state index contributed by atoms with van der Waals surface area (Å²) < 4.78 is 25.4. The summed E-state index contributed by atoms with van der Waals surface area (Å²) in [5.74, 6) is -0.161. The smallest absolute Gasteiger partial charge is 0.411 e. The number of anilines is 3. The number of rotatable bonds is 3. The van der Waals surface area contributed by atoms with Crippen LogP contribution >= 0.6 is 0 Å². The number of carbonyl (C=O) groups excluding carboxylic acids is 1. The minimum Gasteiger partial charge on any atom is -0.465 e. The van der Waals surface area contributed by atoms with Gasteiger partial charge in [-0.3, -0.25) is 14.4 Å². The number of amides is 2. The highest BCUT2D eigenvalue weighted by Crippen LogP contribution is 2.39. The number of nitrogens with one attached hydrogen (secondary N) is 1. The van der Waals surface area contributed by atoms with Gasteiger partial charge >= 0.3 is 6.09 Å². The van der Waals surface area contributed by atoms with Crippen molar-refractivity contribution in [3.8, 4) is 11.1 Å². The first-order valence-electron chi connectivity index (χ1n) is 8.59. The van der Waals surface area contributed by atoms with Crippen molar-refractivity contribution in [2.45, 2.75) is 19.9 Å². The third-order valence-corrected chi connectivity index (χ3v) is 5.09.